The molecule has 3 aromatic rings. The van der Waals surface area contributed by atoms with Crippen LogP contribution in [0.4, 0.5) is 17.6 Å². The summed E-state index contributed by atoms with van der Waals surface area (Å²) in [7, 11) is -1.62. The first-order valence-electron chi connectivity index (χ1n) is 8.51. The fourth-order valence-corrected chi connectivity index (χ4v) is 3.65. The molecule has 6 nitrogen and oxygen atoms in total. The molecule has 3 rings (SSSR count). The van der Waals surface area contributed by atoms with Crippen LogP contribution in [0.25, 0.3) is 11.0 Å². The minimum absolute atomic E-state index is 0.0549. The number of aromatic nitrogens is 3. The second-order valence-corrected chi connectivity index (χ2v) is 7.36. The highest BCUT2D eigenvalue weighted by Gasteiger charge is 2.44. The van der Waals surface area contributed by atoms with Crippen LogP contribution in [0.15, 0.2) is 35.6 Å². The normalized spacial score (nSPS) is 13.1. The van der Waals surface area contributed by atoms with Crippen LogP contribution < -0.4 is 9.47 Å². The lowest BCUT2D eigenvalue weighted by molar-refractivity contribution is -0.253. The van der Waals surface area contributed by atoms with Crippen LogP contribution >= 0.6 is 0 Å². The number of halogens is 4. The van der Waals surface area contributed by atoms with E-state index in [1.807, 2.05) is 6.92 Å². The van der Waals surface area contributed by atoms with Gasteiger partial charge in [0.1, 0.15) is 11.5 Å². The Kier molecular flexibility index (Phi) is 6.06. The van der Waals surface area contributed by atoms with E-state index < -0.39 is 29.1 Å². The molecule has 1 aromatic carbocycles. The van der Waals surface area contributed by atoms with E-state index in [4.69, 9.17) is 4.74 Å². The first kappa shape index (κ1) is 21.0. The maximum atomic E-state index is 13.1. The smallest absolute Gasteiger partial charge is 0.461 e. The van der Waals surface area contributed by atoms with Gasteiger partial charge in [-0.1, -0.05) is 0 Å². The van der Waals surface area contributed by atoms with Gasteiger partial charge in [0.15, 0.2) is 5.16 Å². The Bertz CT molecular complexity index is 1040. The maximum absolute atomic E-state index is 13.1. The standard InChI is InChI=1S/C18H17F4N3O3S/c1-3-27-15-6-7-23-14(10(15)2)9-29(26)17-24-12-5-4-11(8-13(12)25-17)28-18(21,22)16(19)20/h4-8,16H,3,9H2,1-2H3,(H,24,25). The number of H-pyrrole nitrogens is 1. The summed E-state index contributed by atoms with van der Waals surface area (Å²) in [5.74, 6) is 0.228. The van der Waals surface area contributed by atoms with Crippen molar-refractivity contribution in [1.82, 2.24) is 15.0 Å². The Morgan fingerprint density at radius 2 is 2.03 bits per heavy atom. The SMILES string of the molecule is CCOc1ccnc(CS(=O)c2nc3ccc(OC(F)(F)C(F)F)cc3[nH]2)c1C. The van der Waals surface area contributed by atoms with Gasteiger partial charge in [0.05, 0.1) is 39.9 Å². The highest BCUT2D eigenvalue weighted by atomic mass is 32.2. The van der Waals surface area contributed by atoms with Gasteiger partial charge in [-0.05, 0) is 32.0 Å². The number of rotatable bonds is 8. The predicted molar refractivity (Wildman–Crippen MR) is 97.9 cm³/mol. The zero-order chi connectivity index (χ0) is 21.2. The third-order valence-electron chi connectivity index (χ3n) is 3.98. The first-order chi connectivity index (χ1) is 13.7. The average molecular weight is 431 g/mol. The number of pyridine rings is 1. The van der Waals surface area contributed by atoms with Crippen LogP contribution in [0.3, 0.4) is 0 Å². The van der Waals surface area contributed by atoms with Crippen molar-refractivity contribution >= 4 is 21.8 Å². The van der Waals surface area contributed by atoms with E-state index in [1.54, 1.807) is 19.2 Å². The number of benzene rings is 1. The summed E-state index contributed by atoms with van der Waals surface area (Å²) in [6.45, 7) is 4.13. The second-order valence-electron chi connectivity index (χ2n) is 5.99. The number of nitrogens with one attached hydrogen (secondary N) is 1. The van der Waals surface area contributed by atoms with Crippen molar-refractivity contribution in [2.75, 3.05) is 6.61 Å². The highest BCUT2D eigenvalue weighted by Crippen LogP contribution is 2.29. The molecule has 0 aliphatic carbocycles. The Morgan fingerprint density at radius 3 is 2.72 bits per heavy atom. The Balaban J connectivity index is 1.82. The molecule has 0 fully saturated rings. The monoisotopic (exact) mass is 431 g/mol. The van der Waals surface area contributed by atoms with Gasteiger partial charge in [-0.15, -0.1) is 0 Å². The number of ether oxygens (including phenoxy) is 2. The molecule has 1 unspecified atom stereocenters. The summed E-state index contributed by atoms with van der Waals surface area (Å²) in [4.78, 5) is 11.1. The van der Waals surface area contributed by atoms with Crippen molar-refractivity contribution in [2.24, 2.45) is 0 Å². The molecule has 0 saturated heterocycles. The lowest BCUT2D eigenvalue weighted by Gasteiger charge is -2.16. The van der Waals surface area contributed by atoms with Crippen molar-refractivity contribution in [3.8, 4) is 11.5 Å². The zero-order valence-corrected chi connectivity index (χ0v) is 16.2. The van der Waals surface area contributed by atoms with Gasteiger partial charge in [-0.3, -0.25) is 9.19 Å². The number of fused-ring (bicyclic) bond motifs is 1. The number of nitrogens with zero attached hydrogens (tertiary/aromatic N) is 2. The summed E-state index contributed by atoms with van der Waals surface area (Å²) in [6.07, 6.45) is -7.03. The zero-order valence-electron chi connectivity index (χ0n) is 15.4. The van der Waals surface area contributed by atoms with Gasteiger partial charge in [0.2, 0.25) is 0 Å². The molecular formula is C18H17F4N3O3S. The van der Waals surface area contributed by atoms with Crippen LogP contribution in [0.1, 0.15) is 18.2 Å². The van der Waals surface area contributed by atoms with Crippen LogP contribution in [0.5, 0.6) is 11.5 Å². The van der Waals surface area contributed by atoms with Gasteiger partial charge in [-0.2, -0.15) is 17.6 Å². The van der Waals surface area contributed by atoms with Crippen LogP contribution in [0, 0.1) is 6.92 Å². The molecule has 0 aliphatic heterocycles. The van der Waals surface area contributed by atoms with E-state index in [0.717, 1.165) is 17.7 Å². The molecule has 11 heteroatoms. The van der Waals surface area contributed by atoms with E-state index in [2.05, 4.69) is 19.7 Å². The fraction of sp³-hybridized carbons (Fsp3) is 0.333. The van der Waals surface area contributed by atoms with Crippen molar-refractivity contribution in [3.05, 3.63) is 41.7 Å². The molecule has 156 valence electrons. The van der Waals surface area contributed by atoms with Crippen molar-refractivity contribution < 1.29 is 31.2 Å². The van der Waals surface area contributed by atoms with Gasteiger partial charge in [0.25, 0.3) is 0 Å². The third kappa shape index (κ3) is 4.66. The lowest BCUT2D eigenvalue weighted by Crippen LogP contribution is -2.33. The van der Waals surface area contributed by atoms with E-state index in [9.17, 15) is 21.8 Å². The summed E-state index contributed by atoms with van der Waals surface area (Å²) in [5, 5.41) is 0.0979. The van der Waals surface area contributed by atoms with Gasteiger partial charge >= 0.3 is 12.5 Å². The molecule has 2 heterocycles. The average Bonchev–Trinajstić information content (AvgIpc) is 3.08. The molecule has 0 aliphatic rings. The Hall–Kier alpha value is -2.69. The van der Waals surface area contributed by atoms with E-state index in [1.165, 1.54) is 6.07 Å². The topological polar surface area (TPSA) is 77.1 Å². The maximum Gasteiger partial charge on any atom is 0.461 e. The van der Waals surface area contributed by atoms with E-state index in [0.29, 0.717) is 23.6 Å². The van der Waals surface area contributed by atoms with Gasteiger partial charge in [-0.25, -0.2) is 4.98 Å². The third-order valence-corrected chi connectivity index (χ3v) is 5.14. The number of aromatic amines is 1. The van der Waals surface area contributed by atoms with Gasteiger partial charge in [0, 0.05) is 17.8 Å². The molecule has 0 radical (unpaired) electrons. The molecular weight excluding hydrogens is 414 g/mol. The van der Waals surface area contributed by atoms with Crippen LogP contribution in [0.2, 0.25) is 0 Å². The van der Waals surface area contributed by atoms with E-state index in [-0.39, 0.29) is 16.4 Å². The van der Waals surface area contributed by atoms with Gasteiger partial charge < -0.3 is 14.5 Å². The second kappa shape index (κ2) is 8.36. The quantitative estimate of drug-likeness (QED) is 0.541. The minimum atomic E-state index is -4.62. The van der Waals surface area contributed by atoms with Crippen LogP contribution in [-0.2, 0) is 16.6 Å². The summed E-state index contributed by atoms with van der Waals surface area (Å²) in [5.41, 5.74) is 1.87. The highest BCUT2D eigenvalue weighted by molar-refractivity contribution is 7.84. The number of hydrogen-bond donors (Lipinski definition) is 1. The van der Waals surface area contributed by atoms with E-state index >= 15 is 0 Å². The molecule has 0 amide bonds. The Morgan fingerprint density at radius 1 is 1.28 bits per heavy atom. The summed E-state index contributed by atoms with van der Waals surface area (Å²) >= 11 is 0. The Labute approximate surface area is 165 Å². The molecule has 0 saturated carbocycles. The van der Waals surface area contributed by atoms with Crippen LogP contribution in [-0.4, -0.2) is 38.3 Å². The summed E-state index contributed by atoms with van der Waals surface area (Å²) in [6, 6.07) is 5.20. The number of hydrogen-bond acceptors (Lipinski definition) is 5. The molecule has 0 spiro atoms. The molecule has 29 heavy (non-hydrogen) atoms. The molecule has 2 aromatic heterocycles. The lowest BCUT2D eigenvalue weighted by atomic mass is 10.2. The van der Waals surface area contributed by atoms with Crippen molar-refractivity contribution in [1.29, 1.82) is 0 Å². The first-order valence-corrected chi connectivity index (χ1v) is 9.83. The van der Waals surface area contributed by atoms with Crippen molar-refractivity contribution in [3.63, 3.8) is 0 Å². The summed E-state index contributed by atoms with van der Waals surface area (Å²) < 4.78 is 73.0. The molecule has 1 N–H and O–H groups in total. The number of alkyl halides is 4. The molecule has 1 atom stereocenters. The molecule has 0 bridgehead atoms. The number of imidazole rings is 1. The van der Waals surface area contributed by atoms with Crippen molar-refractivity contribution in [2.45, 2.75) is 37.3 Å². The largest absolute Gasteiger partial charge is 0.493 e. The fourth-order valence-electron chi connectivity index (χ4n) is 2.55. The predicted octanol–water partition coefficient (Wildman–Crippen LogP) is 4.21. The minimum Gasteiger partial charge on any atom is -0.493 e.